The van der Waals surface area contributed by atoms with Gasteiger partial charge in [0.05, 0.1) is 92.3 Å². The van der Waals surface area contributed by atoms with Crippen LogP contribution in [0.2, 0.25) is 15.3 Å². The third-order valence-corrected chi connectivity index (χ3v) is 17.3. The van der Waals surface area contributed by atoms with Gasteiger partial charge in [-0.15, -0.1) is 0 Å². The van der Waals surface area contributed by atoms with Crippen LogP contribution in [0.5, 0.6) is 34.5 Å². The number of aromatic nitrogens is 19. The maximum absolute atomic E-state index is 12.5. The van der Waals surface area contributed by atoms with Crippen LogP contribution >= 0.6 is 34.8 Å². The normalized spacial score (nSPS) is 11.4. The third kappa shape index (κ3) is 25.3. The molecule has 11 aromatic heterocycles. The van der Waals surface area contributed by atoms with E-state index in [1.165, 1.54) is 53.0 Å². The van der Waals surface area contributed by atoms with Crippen molar-refractivity contribution >= 4 is 99.4 Å². The lowest BCUT2D eigenvalue weighted by atomic mass is 10.1. The molecule has 2 aliphatic rings. The van der Waals surface area contributed by atoms with E-state index in [1.54, 1.807) is 155 Å². The van der Waals surface area contributed by atoms with E-state index in [-0.39, 0.29) is 40.4 Å². The van der Waals surface area contributed by atoms with Crippen molar-refractivity contribution < 1.29 is 52.4 Å². The number of carbonyl (C=O) groups is 5. The molecular weight excluding hydrogens is 1590 g/mol. The third-order valence-electron chi connectivity index (χ3n) is 16.4. The van der Waals surface area contributed by atoms with Crippen molar-refractivity contribution in [1.29, 1.82) is 5.26 Å². The van der Waals surface area contributed by atoms with Gasteiger partial charge in [0.1, 0.15) is 48.8 Å². The van der Waals surface area contributed by atoms with Gasteiger partial charge in [-0.1, -0.05) is 60.8 Å². The molecule has 14 rings (SSSR count). The van der Waals surface area contributed by atoms with Gasteiger partial charge in [0, 0.05) is 122 Å². The van der Waals surface area contributed by atoms with Gasteiger partial charge in [0.2, 0.25) is 18.2 Å². The number of pyridine rings is 7. The summed E-state index contributed by atoms with van der Waals surface area (Å²) >= 11 is 17.5. The van der Waals surface area contributed by atoms with Crippen LogP contribution in [-0.4, -0.2) is 178 Å². The summed E-state index contributed by atoms with van der Waals surface area (Å²) in [5.41, 5.74) is 11.4. The number of nitrogen functional groups attached to an aromatic ring is 1. The average Bonchev–Trinajstić information content (AvgIpc) is 1.50. The highest BCUT2D eigenvalue weighted by molar-refractivity contribution is 6.34. The van der Waals surface area contributed by atoms with Crippen molar-refractivity contribution in [2.75, 3.05) is 76.7 Å². The number of aryl methyl sites for hydroxylation is 4. The number of ketones is 2. The molecule has 38 nitrogen and oxygen atoms in total. The molecule has 8 N–H and O–H groups in total. The number of nitriles is 1. The molecule has 0 unspecified atom stereocenters. The van der Waals surface area contributed by atoms with Gasteiger partial charge in [-0.25, -0.2) is 60.7 Å². The second-order valence-electron chi connectivity index (χ2n) is 25.0. The minimum atomic E-state index is -0.0865. The molecule has 0 spiro atoms. The molecule has 2 saturated carbocycles. The van der Waals surface area contributed by atoms with E-state index in [1.807, 2.05) is 43.4 Å². The quantitative estimate of drug-likeness (QED) is 0.00817. The van der Waals surface area contributed by atoms with Gasteiger partial charge >= 0.3 is 0 Å². The van der Waals surface area contributed by atoms with Crippen molar-refractivity contribution in [2.45, 2.75) is 58.9 Å². The van der Waals surface area contributed by atoms with Crippen LogP contribution in [-0.2, 0) is 49.1 Å². The second kappa shape index (κ2) is 44.1. The number of hydrogen-bond acceptors (Lipinski definition) is 31. The summed E-state index contributed by atoms with van der Waals surface area (Å²) in [6.07, 6.45) is 22.2. The number of hydrazine groups is 1. The van der Waals surface area contributed by atoms with Crippen LogP contribution in [0.25, 0.3) is 45.6 Å². The van der Waals surface area contributed by atoms with E-state index in [0.717, 1.165) is 58.7 Å². The highest BCUT2D eigenvalue weighted by atomic mass is 35.5. The number of nitrogens with one attached hydrogen (secondary N) is 4. The van der Waals surface area contributed by atoms with Crippen molar-refractivity contribution in [3.05, 3.63) is 173 Å². The van der Waals surface area contributed by atoms with E-state index >= 15 is 0 Å². The second-order valence-corrected chi connectivity index (χ2v) is 26.2. The Morgan fingerprint density at radius 1 is 0.525 bits per heavy atom. The van der Waals surface area contributed by atoms with Crippen molar-refractivity contribution in [3.8, 4) is 86.1 Å². The van der Waals surface area contributed by atoms with Crippen LogP contribution < -0.4 is 61.3 Å². The first-order valence-electron chi connectivity index (χ1n) is 35.8. The number of nitrogens with two attached hydrogens (primary N) is 2. The predicted octanol–water partition coefficient (Wildman–Crippen LogP) is 10.7. The predicted molar refractivity (Wildman–Crippen MR) is 440 cm³/mol. The summed E-state index contributed by atoms with van der Waals surface area (Å²) < 4.78 is 37.9. The zero-order valence-corrected chi connectivity index (χ0v) is 68.8. The lowest BCUT2D eigenvalue weighted by molar-refractivity contribution is -0.118. The highest BCUT2D eigenvalue weighted by Crippen LogP contribution is 2.39. The van der Waals surface area contributed by atoms with Crippen LogP contribution in [0.3, 0.4) is 0 Å². The molecular formula is C77H86Cl3N27O11. The summed E-state index contributed by atoms with van der Waals surface area (Å²) in [5, 5.41) is 39.3. The zero-order chi connectivity index (χ0) is 85.5. The Morgan fingerprint density at radius 2 is 0.924 bits per heavy atom. The number of hydrogen-bond donors (Lipinski definition) is 6. The maximum Gasteiger partial charge on any atom is 0.228 e. The molecule has 12 aromatic rings. The van der Waals surface area contributed by atoms with E-state index in [2.05, 4.69) is 96.5 Å². The summed E-state index contributed by atoms with van der Waals surface area (Å²) in [6, 6.07) is 21.6. The fraction of sp³-hybridized carbons (Fsp3) is 0.286. The zero-order valence-electron chi connectivity index (χ0n) is 66.6. The molecule has 0 radical (unpaired) electrons. The molecule has 0 aliphatic heterocycles. The van der Waals surface area contributed by atoms with Gasteiger partial charge in [-0.2, -0.15) is 25.7 Å². The molecule has 0 bridgehead atoms. The summed E-state index contributed by atoms with van der Waals surface area (Å²) in [4.78, 5) is 102. The number of carbonyl (C=O) groups excluding carboxylic acids is 5. The first-order chi connectivity index (χ1) is 56.8. The minimum Gasteiger partial charge on any atom is -0.497 e. The highest BCUT2D eigenvalue weighted by Gasteiger charge is 2.31. The topological polar surface area (TPSA) is 481 Å². The van der Waals surface area contributed by atoms with E-state index in [0.29, 0.717) is 145 Å². The molecule has 0 atom stereocenters. The number of ether oxygens (including phenoxy) is 6. The molecule has 616 valence electrons. The minimum absolute atomic E-state index is 0.0249. The summed E-state index contributed by atoms with van der Waals surface area (Å²) in [7, 11) is 18.0. The van der Waals surface area contributed by atoms with Gasteiger partial charge < -0.3 is 55.4 Å². The number of benzene rings is 1. The molecule has 3 amide bonds. The van der Waals surface area contributed by atoms with Crippen LogP contribution in [0, 0.1) is 23.2 Å². The van der Waals surface area contributed by atoms with E-state index in [4.69, 9.17) is 80.1 Å². The first kappa shape index (κ1) is 89.6. The Hall–Kier alpha value is -13.9. The number of anilines is 6. The van der Waals surface area contributed by atoms with E-state index in [9.17, 15) is 24.0 Å². The molecule has 0 saturated heterocycles. The Bertz CT molecular complexity index is 5350. The van der Waals surface area contributed by atoms with Crippen molar-refractivity contribution in [1.82, 2.24) is 99.0 Å². The first-order valence-corrected chi connectivity index (χ1v) is 36.9. The van der Waals surface area contributed by atoms with Crippen LogP contribution in [0.1, 0.15) is 84.2 Å². The van der Waals surface area contributed by atoms with E-state index < -0.39 is 0 Å². The van der Waals surface area contributed by atoms with Crippen molar-refractivity contribution in [3.63, 3.8) is 0 Å². The molecule has 11 heterocycles. The number of amides is 3. The van der Waals surface area contributed by atoms with Crippen LogP contribution in [0.4, 0.5) is 34.8 Å². The number of nitrogens with zero attached hydrogens (tertiary/aromatic N) is 21. The number of halogens is 3. The Balaban J connectivity index is 0.000000180. The lowest BCUT2D eigenvalue weighted by Gasteiger charge is -2.15. The van der Waals surface area contributed by atoms with Crippen LogP contribution in [0.15, 0.2) is 135 Å². The SMILES string of the molecule is CCC(=O)c1cnc(NC(=O)C2CC2)cc1Cl.CCC(=O)c1cnc(NC(=O)C2CC2)cc1Nc1nccc(-c2ncn(C)n2)c1OC.CN(N)C=O.COc1c(-c2ncn(C)n2)ccnc1Cl.COc1c(-c2ncn(C)n2)ccnc1N.COc1c(C#N)ccnc1Cl.COc1ccc(CNc2nccc(-c3ncn(C)n3)c2OC)cc1. The monoisotopic (exact) mass is 1670 g/mol. The average molecular weight is 1670 g/mol. The van der Waals surface area contributed by atoms with Gasteiger partial charge in [0.15, 0.2) is 91.4 Å². The van der Waals surface area contributed by atoms with Gasteiger partial charge in [-0.3, -0.25) is 47.7 Å². The Kier molecular flexibility index (Phi) is 33.5. The number of rotatable bonds is 24. The lowest BCUT2D eigenvalue weighted by Crippen LogP contribution is -2.23. The molecule has 1 aromatic carbocycles. The smallest absolute Gasteiger partial charge is 0.228 e. The Morgan fingerprint density at radius 3 is 1.33 bits per heavy atom. The molecule has 2 aliphatic carbocycles. The van der Waals surface area contributed by atoms with Gasteiger partial charge in [0.25, 0.3) is 0 Å². The van der Waals surface area contributed by atoms with Gasteiger partial charge in [-0.05, 0) is 73.7 Å². The Labute approximate surface area is 693 Å². The number of Topliss-reactive ketones (excluding diaryl/α,β-unsaturated/α-hetero) is 2. The fourth-order valence-electron chi connectivity index (χ4n) is 10.2. The number of methoxy groups -OCH3 is 6. The standard InChI is InChI=1S/C21H23N7O3.C17H19N5O2.C12H13ClN2O2.C9H9ClN4O.C9H11N5O.C7H5ClN2O.C2H6N2O/c1-4-16(29)14-10-23-17(26-21(30)12-5-6-12)9-15(14)25-20-18(31-3)13(7-8-22-20)19-24-11-28(2)27-19;1-22-11-20-16(21-22)14-8-9-18-17(15(14)24-3)19-10-12-4-6-13(23-2)7-5-12;1-2-10(16)8-6-14-11(5-9(8)13)15-12(17)7-3-4-7;2*1-14-5-12-9(13-14)6-3-4-11-8(10)7(6)15-2;1-11-6-5(4-9)2-3-10-7(6)8;1-4(3)2-5/h7-12H,4-6H2,1-3H3,(H2,22,23,25,26,30);4-9,11H,10H2,1-3H3,(H,18,19);5-7H,2-4H2,1H3,(H,14,15,17);3-5H,1-2H3;3-5H,1-2H3,(H2,10,11);2-3H,1H3;2H,3H2,1H3. The summed E-state index contributed by atoms with van der Waals surface area (Å²) in [5.74, 6) is 12.3. The summed E-state index contributed by atoms with van der Waals surface area (Å²) in [6.45, 7) is 4.16. The van der Waals surface area contributed by atoms with Crippen molar-refractivity contribution in [2.24, 2.45) is 45.9 Å². The molecule has 118 heavy (non-hydrogen) atoms. The molecule has 41 heteroatoms. The maximum atomic E-state index is 12.5. The molecule has 2 fully saturated rings. The fourth-order valence-corrected chi connectivity index (χ4v) is 10.9. The largest absolute Gasteiger partial charge is 0.497 e.